The first kappa shape index (κ1) is 11.0. The van der Waals surface area contributed by atoms with Crippen molar-refractivity contribution in [1.82, 2.24) is 5.32 Å². The zero-order valence-corrected chi connectivity index (χ0v) is 9.18. The minimum Gasteiger partial charge on any atom is -0.385 e. The molecule has 2 heteroatoms. The average molecular weight is 185 g/mol. The summed E-state index contributed by atoms with van der Waals surface area (Å²) in [6.45, 7) is 6.79. The maximum atomic E-state index is 5.11. The predicted octanol–water partition coefficient (Wildman–Crippen LogP) is 2.05. The van der Waals surface area contributed by atoms with Gasteiger partial charge in [-0.1, -0.05) is 13.8 Å². The van der Waals surface area contributed by atoms with Crippen LogP contribution in [0.4, 0.5) is 0 Å². The molecule has 1 saturated heterocycles. The average Bonchev–Trinajstić information content (AvgIpc) is 2.15. The number of rotatable bonds is 4. The lowest BCUT2D eigenvalue weighted by molar-refractivity contribution is 0.150. The molecule has 1 heterocycles. The summed E-state index contributed by atoms with van der Waals surface area (Å²) in [6.07, 6.45) is 3.90. The van der Waals surface area contributed by atoms with Crippen LogP contribution in [0.3, 0.4) is 0 Å². The fraction of sp³-hybridized carbons (Fsp3) is 1.00. The molecule has 3 unspecified atom stereocenters. The molecule has 1 aliphatic heterocycles. The number of ether oxygens (including phenoxy) is 1. The topological polar surface area (TPSA) is 21.3 Å². The standard InChI is InChI=1S/C11H23NO/c1-9-5-4-7-12-11(9)10(2)6-8-13-3/h9-12H,4-8H2,1-3H3. The quantitative estimate of drug-likeness (QED) is 0.723. The van der Waals surface area contributed by atoms with E-state index in [0.717, 1.165) is 18.4 Å². The molecule has 0 amide bonds. The van der Waals surface area contributed by atoms with E-state index in [9.17, 15) is 0 Å². The van der Waals surface area contributed by atoms with Gasteiger partial charge in [-0.05, 0) is 37.6 Å². The summed E-state index contributed by atoms with van der Waals surface area (Å²) in [4.78, 5) is 0. The van der Waals surface area contributed by atoms with Crippen molar-refractivity contribution in [3.8, 4) is 0 Å². The van der Waals surface area contributed by atoms with Crippen LogP contribution in [0, 0.1) is 11.8 Å². The monoisotopic (exact) mass is 185 g/mol. The van der Waals surface area contributed by atoms with Crippen molar-refractivity contribution in [2.45, 2.75) is 39.2 Å². The van der Waals surface area contributed by atoms with E-state index in [1.54, 1.807) is 7.11 Å². The van der Waals surface area contributed by atoms with Gasteiger partial charge >= 0.3 is 0 Å². The summed E-state index contributed by atoms with van der Waals surface area (Å²) < 4.78 is 5.11. The minimum absolute atomic E-state index is 0.712. The van der Waals surface area contributed by atoms with E-state index in [4.69, 9.17) is 4.74 Å². The van der Waals surface area contributed by atoms with Crippen molar-refractivity contribution < 1.29 is 4.74 Å². The molecule has 1 rings (SSSR count). The molecule has 3 atom stereocenters. The zero-order chi connectivity index (χ0) is 9.68. The van der Waals surface area contributed by atoms with Gasteiger partial charge in [0.05, 0.1) is 0 Å². The number of hydrogen-bond acceptors (Lipinski definition) is 2. The lowest BCUT2D eigenvalue weighted by Gasteiger charge is -2.34. The van der Waals surface area contributed by atoms with E-state index in [0.29, 0.717) is 6.04 Å². The van der Waals surface area contributed by atoms with Gasteiger partial charge in [-0.25, -0.2) is 0 Å². The van der Waals surface area contributed by atoms with Gasteiger partial charge < -0.3 is 10.1 Å². The van der Waals surface area contributed by atoms with Crippen LogP contribution in [-0.4, -0.2) is 26.3 Å². The Morgan fingerprint density at radius 1 is 1.54 bits per heavy atom. The third-order valence-electron chi connectivity index (χ3n) is 3.22. The van der Waals surface area contributed by atoms with Crippen LogP contribution in [0.15, 0.2) is 0 Å². The third kappa shape index (κ3) is 3.28. The second kappa shape index (κ2) is 5.61. The second-order valence-corrected chi connectivity index (χ2v) is 4.36. The molecule has 1 N–H and O–H groups in total. The summed E-state index contributed by atoms with van der Waals surface area (Å²) >= 11 is 0. The first-order valence-corrected chi connectivity index (χ1v) is 5.48. The Hall–Kier alpha value is -0.0800. The van der Waals surface area contributed by atoms with Gasteiger partial charge in [0, 0.05) is 19.8 Å². The highest BCUT2D eigenvalue weighted by molar-refractivity contribution is 4.82. The molecule has 0 aromatic heterocycles. The lowest BCUT2D eigenvalue weighted by Crippen LogP contribution is -2.44. The third-order valence-corrected chi connectivity index (χ3v) is 3.22. The van der Waals surface area contributed by atoms with Crippen LogP contribution in [0.1, 0.15) is 33.1 Å². The number of hydrogen-bond donors (Lipinski definition) is 1. The maximum Gasteiger partial charge on any atom is 0.0465 e. The summed E-state index contributed by atoms with van der Waals surface area (Å²) in [5.41, 5.74) is 0. The fourth-order valence-corrected chi connectivity index (χ4v) is 2.32. The van der Waals surface area contributed by atoms with Crippen LogP contribution in [0.2, 0.25) is 0 Å². The van der Waals surface area contributed by atoms with Crippen LogP contribution in [0.5, 0.6) is 0 Å². The highest BCUT2D eigenvalue weighted by Gasteiger charge is 2.25. The molecule has 78 valence electrons. The minimum atomic E-state index is 0.712. The Morgan fingerprint density at radius 3 is 2.92 bits per heavy atom. The molecule has 0 radical (unpaired) electrons. The summed E-state index contributed by atoms with van der Waals surface area (Å²) in [7, 11) is 1.78. The molecule has 0 saturated carbocycles. The molecule has 0 aromatic rings. The fourth-order valence-electron chi connectivity index (χ4n) is 2.32. The Balaban J connectivity index is 2.30. The molecule has 2 nitrogen and oxygen atoms in total. The van der Waals surface area contributed by atoms with E-state index in [1.807, 2.05) is 0 Å². The largest absolute Gasteiger partial charge is 0.385 e. The van der Waals surface area contributed by atoms with E-state index in [2.05, 4.69) is 19.2 Å². The highest BCUT2D eigenvalue weighted by Crippen LogP contribution is 2.23. The van der Waals surface area contributed by atoms with Gasteiger partial charge in [-0.3, -0.25) is 0 Å². The van der Waals surface area contributed by atoms with Crippen LogP contribution in [0.25, 0.3) is 0 Å². The van der Waals surface area contributed by atoms with Crippen molar-refractivity contribution >= 4 is 0 Å². The van der Waals surface area contributed by atoms with Gasteiger partial charge in [-0.2, -0.15) is 0 Å². The molecule has 13 heavy (non-hydrogen) atoms. The molecule has 1 fully saturated rings. The van der Waals surface area contributed by atoms with Crippen molar-refractivity contribution in [1.29, 1.82) is 0 Å². The maximum absolute atomic E-state index is 5.11. The Kier molecular flexibility index (Phi) is 4.74. The number of methoxy groups -OCH3 is 1. The second-order valence-electron chi connectivity index (χ2n) is 4.36. The first-order chi connectivity index (χ1) is 6.25. The Morgan fingerprint density at radius 2 is 2.31 bits per heavy atom. The van der Waals surface area contributed by atoms with Crippen molar-refractivity contribution in [2.24, 2.45) is 11.8 Å². The lowest BCUT2D eigenvalue weighted by atomic mass is 9.83. The summed E-state index contributed by atoms with van der Waals surface area (Å²) in [5.74, 6) is 1.58. The van der Waals surface area contributed by atoms with Crippen molar-refractivity contribution in [2.75, 3.05) is 20.3 Å². The van der Waals surface area contributed by atoms with Crippen molar-refractivity contribution in [3.05, 3.63) is 0 Å². The molecule has 0 spiro atoms. The summed E-state index contributed by atoms with van der Waals surface area (Å²) in [5, 5.41) is 3.62. The van der Waals surface area contributed by atoms with Crippen LogP contribution < -0.4 is 5.32 Å². The molecule has 0 aromatic carbocycles. The smallest absolute Gasteiger partial charge is 0.0465 e. The Bertz CT molecular complexity index is 138. The van der Waals surface area contributed by atoms with Crippen LogP contribution >= 0.6 is 0 Å². The van der Waals surface area contributed by atoms with Gasteiger partial charge in [0.1, 0.15) is 0 Å². The first-order valence-electron chi connectivity index (χ1n) is 5.48. The molecule has 0 bridgehead atoms. The van der Waals surface area contributed by atoms with Crippen molar-refractivity contribution in [3.63, 3.8) is 0 Å². The molecule has 0 aliphatic carbocycles. The van der Waals surface area contributed by atoms with Crippen LogP contribution in [-0.2, 0) is 4.74 Å². The van der Waals surface area contributed by atoms with Gasteiger partial charge in [-0.15, -0.1) is 0 Å². The van der Waals surface area contributed by atoms with E-state index < -0.39 is 0 Å². The molecule has 1 aliphatic rings. The van der Waals surface area contributed by atoms with Gasteiger partial charge in [0.2, 0.25) is 0 Å². The van der Waals surface area contributed by atoms with E-state index >= 15 is 0 Å². The van der Waals surface area contributed by atoms with Gasteiger partial charge in [0.15, 0.2) is 0 Å². The van der Waals surface area contributed by atoms with Gasteiger partial charge in [0.25, 0.3) is 0 Å². The number of nitrogens with one attached hydrogen (secondary N) is 1. The number of piperidine rings is 1. The molecular formula is C11H23NO. The predicted molar refractivity (Wildman–Crippen MR) is 55.8 cm³/mol. The molecular weight excluding hydrogens is 162 g/mol. The van der Waals surface area contributed by atoms with E-state index in [-0.39, 0.29) is 0 Å². The van der Waals surface area contributed by atoms with E-state index in [1.165, 1.54) is 25.8 Å². The highest BCUT2D eigenvalue weighted by atomic mass is 16.5. The zero-order valence-electron chi connectivity index (χ0n) is 9.18. The SMILES string of the molecule is COCCC(C)C1NCCCC1C. The summed E-state index contributed by atoms with van der Waals surface area (Å²) in [6, 6.07) is 0.712. The Labute approximate surface area is 82.0 Å². The normalized spacial score (nSPS) is 31.6.